The Labute approximate surface area is 220 Å². The van der Waals surface area contributed by atoms with Gasteiger partial charge in [0.25, 0.3) is 0 Å². The average molecular weight is 587 g/mol. The van der Waals surface area contributed by atoms with Crippen LogP contribution in [0.1, 0.15) is 5.56 Å². The first kappa shape index (κ1) is 38.2. The molecule has 16 N–H and O–H groups in total. The average Bonchev–Trinajstić information content (AvgIpc) is 2.76. The van der Waals surface area contributed by atoms with Crippen LogP contribution in [0.15, 0.2) is 18.2 Å². The van der Waals surface area contributed by atoms with Gasteiger partial charge in [0.2, 0.25) is 0 Å². The summed E-state index contributed by atoms with van der Waals surface area (Å²) < 4.78 is 0. The standard InChI is InChI=1S/C11H7N3O6.2C3H9NO6/c12-4-5-1-6(13-8(15)10(17)18)3-7(2-5)14-9(16)11(19)20;2*1-4(2(5,6)7)3(8,9)10/h1-3H,(H,13,15)(H,14,16)(H,17,18)(H,19,20);2*5-10H,1H3. The van der Waals surface area contributed by atoms with Gasteiger partial charge in [0, 0.05) is 25.5 Å². The molecular formula is C17H25N5O18. The molecule has 0 fully saturated rings. The smallest absolute Gasteiger partial charge is 0.394 e. The summed E-state index contributed by atoms with van der Waals surface area (Å²) in [5.74, 6) is -6.14. The molecule has 23 heteroatoms. The Bertz CT molecular complexity index is 988. The lowest BCUT2D eigenvalue weighted by Crippen LogP contribution is -2.59. The summed E-state index contributed by atoms with van der Waals surface area (Å²) in [6.45, 7) is 0. The van der Waals surface area contributed by atoms with E-state index in [0.29, 0.717) is 14.1 Å². The molecule has 1 aromatic carbocycles. The summed E-state index contributed by atoms with van der Waals surface area (Å²) in [5.41, 5.74) is -0.150. The maximum absolute atomic E-state index is 11.0. The third-order valence-corrected chi connectivity index (χ3v) is 3.77. The number of nitrogens with one attached hydrogen (secondary N) is 2. The zero-order chi connectivity index (χ0) is 32.4. The third kappa shape index (κ3) is 14.8. The number of carboxylic acids is 2. The van der Waals surface area contributed by atoms with E-state index < -0.39 is 48.1 Å². The molecule has 0 bridgehead atoms. The van der Waals surface area contributed by atoms with Crippen LogP contribution in [-0.2, 0) is 19.2 Å². The van der Waals surface area contributed by atoms with Crippen LogP contribution in [0.3, 0.4) is 0 Å². The van der Waals surface area contributed by atoms with Crippen molar-refractivity contribution >= 4 is 35.1 Å². The molecule has 0 aliphatic carbocycles. The van der Waals surface area contributed by atoms with Gasteiger partial charge < -0.3 is 82.1 Å². The van der Waals surface area contributed by atoms with Crippen LogP contribution in [0.2, 0.25) is 0 Å². The minimum absolute atomic E-state index is 0.00567. The Hall–Kier alpha value is -3.97. The number of aliphatic carboxylic acids is 2. The Morgan fingerprint density at radius 3 is 1.02 bits per heavy atom. The Kier molecular flexibility index (Phi) is 13.8. The maximum Gasteiger partial charge on any atom is 0.394 e. The van der Waals surface area contributed by atoms with Crippen LogP contribution in [0.25, 0.3) is 0 Å². The highest BCUT2D eigenvalue weighted by Gasteiger charge is 2.41. The molecule has 1 rings (SSSR count). The number of anilines is 2. The predicted molar refractivity (Wildman–Crippen MR) is 117 cm³/mol. The van der Waals surface area contributed by atoms with Gasteiger partial charge in [-0.05, 0) is 18.2 Å². The van der Waals surface area contributed by atoms with Gasteiger partial charge in [-0.25, -0.2) is 9.59 Å². The van der Waals surface area contributed by atoms with E-state index in [1.54, 1.807) is 6.07 Å². The van der Waals surface area contributed by atoms with Gasteiger partial charge in [0.15, 0.2) is 0 Å². The van der Waals surface area contributed by atoms with Gasteiger partial charge in [-0.3, -0.25) is 9.59 Å². The van der Waals surface area contributed by atoms with Crippen LogP contribution in [0.4, 0.5) is 11.4 Å². The summed E-state index contributed by atoms with van der Waals surface area (Å²) in [6, 6.07) is 5.16. The quantitative estimate of drug-likeness (QED) is 0.108. The highest BCUT2D eigenvalue weighted by Crippen LogP contribution is 2.19. The van der Waals surface area contributed by atoms with Crippen LogP contribution in [0.5, 0.6) is 0 Å². The van der Waals surface area contributed by atoms with Crippen molar-refractivity contribution in [3.05, 3.63) is 23.8 Å². The molecule has 0 unspecified atom stereocenters. The molecule has 0 saturated heterocycles. The lowest BCUT2D eigenvalue weighted by molar-refractivity contribution is -0.505. The monoisotopic (exact) mass is 587 g/mol. The second kappa shape index (κ2) is 14.4. The summed E-state index contributed by atoms with van der Waals surface area (Å²) in [5, 5.41) is 128. The van der Waals surface area contributed by atoms with Crippen molar-refractivity contribution in [2.75, 3.05) is 24.7 Å². The number of nitrogens with zero attached hydrogens (tertiary/aromatic N) is 3. The molecule has 0 saturated carbocycles. The predicted octanol–water partition coefficient (Wildman–Crippen LogP) is -8.21. The van der Waals surface area contributed by atoms with Crippen molar-refractivity contribution < 1.29 is 90.7 Å². The number of hydrogen-bond donors (Lipinski definition) is 16. The van der Waals surface area contributed by atoms with Crippen molar-refractivity contribution in [2.45, 2.75) is 24.4 Å². The fourth-order valence-electron chi connectivity index (χ4n) is 1.61. The molecule has 40 heavy (non-hydrogen) atoms. The summed E-state index contributed by atoms with van der Waals surface area (Å²) in [7, 11) is 1.33. The minimum Gasteiger partial charge on any atom is -0.474 e. The van der Waals surface area contributed by atoms with Crippen LogP contribution in [0, 0.1) is 11.3 Å². The molecule has 1 aromatic rings. The topological polar surface area (TPSA) is 406 Å². The zero-order valence-corrected chi connectivity index (χ0v) is 20.0. The summed E-state index contributed by atoms with van der Waals surface area (Å²) in [6.07, 6.45) is -13.9. The van der Waals surface area contributed by atoms with E-state index in [0.717, 1.165) is 18.2 Å². The van der Waals surface area contributed by atoms with Crippen LogP contribution in [-0.4, -0.2) is 144 Å². The van der Waals surface area contributed by atoms with Crippen molar-refractivity contribution in [3.63, 3.8) is 0 Å². The second-order valence-electron chi connectivity index (χ2n) is 6.95. The fourth-order valence-corrected chi connectivity index (χ4v) is 1.61. The van der Waals surface area contributed by atoms with E-state index in [9.17, 15) is 19.2 Å². The first-order valence-electron chi connectivity index (χ1n) is 9.44. The number of aliphatic hydroxyl groups is 12. The van der Waals surface area contributed by atoms with E-state index in [2.05, 4.69) is 0 Å². The van der Waals surface area contributed by atoms with Crippen LogP contribution >= 0.6 is 0 Å². The molecular weight excluding hydrogens is 562 g/mol. The third-order valence-electron chi connectivity index (χ3n) is 3.77. The number of hydrogen-bond acceptors (Lipinski definition) is 19. The molecule has 0 heterocycles. The Morgan fingerprint density at radius 2 is 0.875 bits per heavy atom. The molecule has 2 amide bonds. The summed E-state index contributed by atoms with van der Waals surface area (Å²) in [4.78, 5) is 42.1. The molecule has 0 radical (unpaired) electrons. The molecule has 0 aromatic heterocycles. The molecule has 23 nitrogen and oxygen atoms in total. The maximum atomic E-state index is 11.0. The van der Waals surface area contributed by atoms with Gasteiger partial charge >= 0.3 is 48.1 Å². The van der Waals surface area contributed by atoms with Crippen molar-refractivity contribution in [2.24, 2.45) is 0 Å². The Morgan fingerprint density at radius 1 is 0.625 bits per heavy atom. The highest BCUT2D eigenvalue weighted by molar-refractivity contribution is 6.37. The van der Waals surface area contributed by atoms with Gasteiger partial charge in [-0.1, -0.05) is 0 Å². The van der Waals surface area contributed by atoms with Crippen LogP contribution < -0.4 is 10.6 Å². The van der Waals surface area contributed by atoms with Gasteiger partial charge in [0.1, 0.15) is 0 Å². The van der Waals surface area contributed by atoms with Crippen molar-refractivity contribution in [1.82, 2.24) is 9.80 Å². The van der Waals surface area contributed by atoms with Crippen molar-refractivity contribution in [3.8, 4) is 6.07 Å². The summed E-state index contributed by atoms with van der Waals surface area (Å²) >= 11 is 0. The van der Waals surface area contributed by atoms with Crippen molar-refractivity contribution in [1.29, 1.82) is 5.26 Å². The van der Waals surface area contributed by atoms with Gasteiger partial charge in [0.05, 0.1) is 11.6 Å². The van der Waals surface area contributed by atoms with E-state index in [1.807, 2.05) is 10.6 Å². The number of carboxylic acid groups (broad SMARTS) is 2. The normalized spacial score (nSPS) is 11.8. The number of benzene rings is 1. The minimum atomic E-state index is -3.47. The lowest BCUT2D eigenvalue weighted by Gasteiger charge is -2.31. The van der Waals surface area contributed by atoms with E-state index in [-0.39, 0.29) is 26.7 Å². The first-order chi connectivity index (χ1) is 17.6. The lowest BCUT2D eigenvalue weighted by atomic mass is 10.2. The molecule has 0 spiro atoms. The van der Waals surface area contributed by atoms with E-state index >= 15 is 0 Å². The molecule has 0 atom stereocenters. The van der Waals surface area contributed by atoms with Gasteiger partial charge in [-0.2, -0.15) is 15.1 Å². The second-order valence-corrected chi connectivity index (χ2v) is 6.95. The number of carbonyl (C=O) groups is 4. The number of rotatable bonds is 6. The van der Waals surface area contributed by atoms with E-state index in [4.69, 9.17) is 76.8 Å². The fraction of sp³-hybridized carbons (Fsp3) is 0.353. The van der Waals surface area contributed by atoms with Gasteiger partial charge in [-0.15, -0.1) is 0 Å². The number of carbonyl (C=O) groups excluding carboxylic acids is 2. The first-order valence-corrected chi connectivity index (χ1v) is 9.44. The largest absolute Gasteiger partial charge is 0.474 e. The van der Waals surface area contributed by atoms with E-state index in [1.165, 1.54) is 0 Å². The molecule has 226 valence electrons. The zero-order valence-electron chi connectivity index (χ0n) is 20.0. The molecule has 0 aliphatic heterocycles. The highest BCUT2D eigenvalue weighted by atomic mass is 16.8. The Balaban J connectivity index is 0. The number of amides is 2. The molecule has 0 aliphatic rings. The number of nitriles is 1. The SMILES string of the molecule is CN(C(O)(O)O)C(O)(O)O.CN(C(O)(O)O)C(O)(O)O.N#Cc1cc(NC(=O)C(=O)O)cc(NC(=O)C(=O)O)c1.